The van der Waals surface area contributed by atoms with Gasteiger partial charge in [-0.25, -0.2) is 15.0 Å². The second-order valence-electron chi connectivity index (χ2n) is 5.70. The highest BCUT2D eigenvalue weighted by atomic mass is 16.5. The molecule has 128 valence electrons. The molecule has 3 heterocycles. The van der Waals surface area contributed by atoms with E-state index in [0.717, 1.165) is 56.3 Å². The summed E-state index contributed by atoms with van der Waals surface area (Å²) in [5.41, 5.74) is 1.90. The maximum absolute atomic E-state index is 5.37. The van der Waals surface area contributed by atoms with Gasteiger partial charge in [-0.2, -0.15) is 0 Å². The molecule has 0 aromatic carbocycles. The number of nitrogens with one attached hydrogen (secondary N) is 1. The first-order valence-electron chi connectivity index (χ1n) is 8.14. The molecule has 1 fully saturated rings. The molecule has 2 aromatic heterocycles. The molecule has 7 nitrogen and oxygen atoms in total. The second kappa shape index (κ2) is 8.03. The number of pyridine rings is 1. The predicted octanol–water partition coefficient (Wildman–Crippen LogP) is 1.60. The molecule has 1 aliphatic heterocycles. The molecule has 0 unspecified atom stereocenters. The van der Waals surface area contributed by atoms with Crippen LogP contribution in [0.1, 0.15) is 5.56 Å². The van der Waals surface area contributed by atoms with Crippen LogP contribution in [0.15, 0.2) is 24.5 Å². The van der Waals surface area contributed by atoms with Gasteiger partial charge in [-0.15, -0.1) is 0 Å². The molecule has 1 saturated heterocycles. The molecule has 0 radical (unpaired) electrons. The molecule has 1 N–H and O–H groups in total. The highest BCUT2D eigenvalue weighted by Gasteiger charge is 2.11. The van der Waals surface area contributed by atoms with Crippen LogP contribution in [-0.4, -0.2) is 66.4 Å². The highest BCUT2D eigenvalue weighted by Crippen LogP contribution is 2.19. The summed E-state index contributed by atoms with van der Waals surface area (Å²) < 4.78 is 10.4. The van der Waals surface area contributed by atoms with Crippen LogP contribution in [0.2, 0.25) is 0 Å². The summed E-state index contributed by atoms with van der Waals surface area (Å²) in [5, 5.41) is 3.41. The van der Waals surface area contributed by atoms with Crippen molar-refractivity contribution in [2.24, 2.45) is 0 Å². The van der Waals surface area contributed by atoms with E-state index in [-0.39, 0.29) is 0 Å². The standard InChI is InChI=1S/C17H23N5O2/c1-13-11-20-17(14-3-4-15(23-2)19-12-14)21-16(13)18-5-6-22-7-9-24-10-8-22/h3-4,11-12H,5-10H2,1-2H3,(H,18,20,21). The maximum atomic E-state index is 5.37. The number of aryl methyl sites for hydroxylation is 1. The van der Waals surface area contributed by atoms with Crippen LogP contribution < -0.4 is 10.1 Å². The summed E-state index contributed by atoms with van der Waals surface area (Å²) >= 11 is 0. The van der Waals surface area contributed by atoms with Crippen LogP contribution in [0.3, 0.4) is 0 Å². The number of anilines is 1. The smallest absolute Gasteiger partial charge is 0.212 e. The van der Waals surface area contributed by atoms with Gasteiger partial charge in [-0.1, -0.05) is 0 Å². The van der Waals surface area contributed by atoms with Crippen molar-refractivity contribution in [2.75, 3.05) is 51.8 Å². The summed E-state index contributed by atoms with van der Waals surface area (Å²) in [6.07, 6.45) is 3.56. The van der Waals surface area contributed by atoms with Crippen molar-refractivity contribution in [2.45, 2.75) is 6.92 Å². The lowest BCUT2D eigenvalue weighted by molar-refractivity contribution is 0.0398. The first kappa shape index (κ1) is 16.6. The highest BCUT2D eigenvalue weighted by molar-refractivity contribution is 5.57. The van der Waals surface area contributed by atoms with Gasteiger partial charge < -0.3 is 14.8 Å². The Morgan fingerprint density at radius 3 is 2.75 bits per heavy atom. The molecule has 0 spiro atoms. The van der Waals surface area contributed by atoms with E-state index in [1.54, 1.807) is 13.3 Å². The summed E-state index contributed by atoms with van der Waals surface area (Å²) in [6.45, 7) is 7.46. The Bertz CT molecular complexity index is 657. The third-order valence-corrected chi connectivity index (χ3v) is 4.00. The Kier molecular flexibility index (Phi) is 5.55. The summed E-state index contributed by atoms with van der Waals surface area (Å²) in [7, 11) is 1.60. The van der Waals surface area contributed by atoms with Gasteiger partial charge in [0.2, 0.25) is 5.88 Å². The summed E-state index contributed by atoms with van der Waals surface area (Å²) in [4.78, 5) is 15.6. The van der Waals surface area contributed by atoms with Crippen LogP contribution in [-0.2, 0) is 4.74 Å². The molecule has 1 aliphatic rings. The Labute approximate surface area is 142 Å². The molecule has 24 heavy (non-hydrogen) atoms. The number of rotatable bonds is 6. The maximum Gasteiger partial charge on any atom is 0.212 e. The number of nitrogens with zero attached hydrogens (tertiary/aromatic N) is 4. The third kappa shape index (κ3) is 4.18. The first-order chi connectivity index (χ1) is 11.8. The molecule has 2 aromatic rings. The molecular formula is C17H23N5O2. The van der Waals surface area contributed by atoms with Crippen molar-refractivity contribution in [1.82, 2.24) is 19.9 Å². The minimum atomic E-state index is 0.578. The van der Waals surface area contributed by atoms with E-state index >= 15 is 0 Å². The molecule has 0 saturated carbocycles. The normalized spacial score (nSPS) is 15.2. The fourth-order valence-corrected chi connectivity index (χ4v) is 2.55. The van der Waals surface area contributed by atoms with Crippen molar-refractivity contribution < 1.29 is 9.47 Å². The van der Waals surface area contributed by atoms with E-state index in [2.05, 4.69) is 25.2 Å². The number of hydrogen-bond donors (Lipinski definition) is 1. The van der Waals surface area contributed by atoms with Gasteiger partial charge in [-0.3, -0.25) is 4.90 Å². The predicted molar refractivity (Wildman–Crippen MR) is 92.3 cm³/mol. The van der Waals surface area contributed by atoms with E-state index in [9.17, 15) is 0 Å². The fourth-order valence-electron chi connectivity index (χ4n) is 2.55. The van der Waals surface area contributed by atoms with E-state index in [0.29, 0.717) is 11.7 Å². The zero-order chi connectivity index (χ0) is 16.8. The topological polar surface area (TPSA) is 72.4 Å². The Hall–Kier alpha value is -2.25. The molecule has 0 aliphatic carbocycles. The van der Waals surface area contributed by atoms with Crippen LogP contribution in [0.5, 0.6) is 5.88 Å². The SMILES string of the molecule is COc1ccc(-c2ncc(C)c(NCCN3CCOCC3)n2)cn1. The minimum absolute atomic E-state index is 0.578. The van der Waals surface area contributed by atoms with E-state index < -0.39 is 0 Å². The third-order valence-electron chi connectivity index (χ3n) is 4.00. The fraction of sp³-hybridized carbons (Fsp3) is 0.471. The van der Waals surface area contributed by atoms with Gasteiger partial charge in [-0.05, 0) is 13.0 Å². The van der Waals surface area contributed by atoms with E-state index in [1.165, 1.54) is 0 Å². The summed E-state index contributed by atoms with van der Waals surface area (Å²) in [6, 6.07) is 3.72. The lowest BCUT2D eigenvalue weighted by Crippen LogP contribution is -2.39. The number of hydrogen-bond acceptors (Lipinski definition) is 7. The van der Waals surface area contributed by atoms with Crippen molar-refractivity contribution >= 4 is 5.82 Å². The summed E-state index contributed by atoms with van der Waals surface area (Å²) in [5.74, 6) is 2.10. The van der Waals surface area contributed by atoms with Crippen LogP contribution in [0.4, 0.5) is 5.82 Å². The molecule has 0 amide bonds. The molecule has 0 atom stereocenters. The molecule has 3 rings (SSSR count). The van der Waals surface area contributed by atoms with Crippen LogP contribution >= 0.6 is 0 Å². The molecule has 0 bridgehead atoms. The quantitative estimate of drug-likeness (QED) is 0.863. The monoisotopic (exact) mass is 329 g/mol. The van der Waals surface area contributed by atoms with Gasteiger partial charge in [0, 0.05) is 55.8 Å². The number of ether oxygens (including phenoxy) is 2. The zero-order valence-corrected chi connectivity index (χ0v) is 14.2. The van der Waals surface area contributed by atoms with Crippen molar-refractivity contribution in [1.29, 1.82) is 0 Å². The second-order valence-corrected chi connectivity index (χ2v) is 5.70. The first-order valence-corrected chi connectivity index (χ1v) is 8.14. The van der Waals surface area contributed by atoms with Gasteiger partial charge in [0.15, 0.2) is 5.82 Å². The molecular weight excluding hydrogens is 306 g/mol. The van der Waals surface area contributed by atoms with Crippen LogP contribution in [0, 0.1) is 6.92 Å². The van der Waals surface area contributed by atoms with E-state index in [4.69, 9.17) is 9.47 Å². The molecule has 7 heteroatoms. The van der Waals surface area contributed by atoms with E-state index in [1.807, 2.05) is 25.3 Å². The van der Waals surface area contributed by atoms with Gasteiger partial charge in [0.25, 0.3) is 0 Å². The minimum Gasteiger partial charge on any atom is -0.481 e. The Balaban J connectivity index is 1.64. The lowest BCUT2D eigenvalue weighted by Gasteiger charge is -2.26. The Morgan fingerprint density at radius 2 is 2.04 bits per heavy atom. The van der Waals surface area contributed by atoms with Gasteiger partial charge in [0.1, 0.15) is 5.82 Å². The average Bonchev–Trinajstić information content (AvgIpc) is 2.64. The largest absolute Gasteiger partial charge is 0.481 e. The zero-order valence-electron chi connectivity index (χ0n) is 14.2. The number of methoxy groups -OCH3 is 1. The average molecular weight is 329 g/mol. The van der Waals surface area contributed by atoms with Gasteiger partial charge >= 0.3 is 0 Å². The van der Waals surface area contributed by atoms with Gasteiger partial charge in [0.05, 0.1) is 20.3 Å². The van der Waals surface area contributed by atoms with Crippen molar-refractivity contribution in [3.05, 3.63) is 30.1 Å². The lowest BCUT2D eigenvalue weighted by atomic mass is 10.2. The Morgan fingerprint density at radius 1 is 1.21 bits per heavy atom. The van der Waals surface area contributed by atoms with Crippen LogP contribution in [0.25, 0.3) is 11.4 Å². The van der Waals surface area contributed by atoms with Crippen molar-refractivity contribution in [3.8, 4) is 17.3 Å². The number of aromatic nitrogens is 3. The van der Waals surface area contributed by atoms with Crippen molar-refractivity contribution in [3.63, 3.8) is 0 Å². The number of morpholine rings is 1.